The minimum Gasteiger partial charge on any atom is -0.478 e. The van der Waals surface area contributed by atoms with E-state index in [2.05, 4.69) is 108 Å². The molecular formula is C36H40N4O4. The molecule has 0 bridgehead atoms. The van der Waals surface area contributed by atoms with Gasteiger partial charge in [-0.05, 0) is 91.9 Å². The minimum absolute atomic E-state index is 0.558. The highest BCUT2D eigenvalue weighted by Crippen LogP contribution is 2.25. The molecule has 0 radical (unpaired) electrons. The van der Waals surface area contributed by atoms with E-state index >= 15 is 0 Å². The van der Waals surface area contributed by atoms with Gasteiger partial charge in [0.25, 0.3) is 0 Å². The van der Waals surface area contributed by atoms with Crippen LogP contribution in [0.4, 0.5) is 0 Å². The van der Waals surface area contributed by atoms with Crippen molar-refractivity contribution >= 4 is 11.9 Å². The summed E-state index contributed by atoms with van der Waals surface area (Å²) >= 11 is 0. The maximum Gasteiger partial charge on any atom is 0.328 e. The highest BCUT2D eigenvalue weighted by molar-refractivity contribution is 5.89. The van der Waals surface area contributed by atoms with Gasteiger partial charge in [0, 0.05) is 74.9 Å². The summed E-state index contributed by atoms with van der Waals surface area (Å²) < 4.78 is 0. The molecule has 2 aromatic heterocycles. The van der Waals surface area contributed by atoms with Crippen molar-refractivity contribution in [2.45, 2.75) is 40.8 Å². The topological polar surface area (TPSA) is 107 Å². The zero-order valence-electron chi connectivity index (χ0n) is 25.8. The van der Waals surface area contributed by atoms with Gasteiger partial charge in [-0.1, -0.05) is 29.8 Å². The van der Waals surface area contributed by atoms with Gasteiger partial charge in [-0.2, -0.15) is 0 Å². The number of benzene rings is 2. The van der Waals surface area contributed by atoms with Crippen LogP contribution in [-0.2, 0) is 22.7 Å². The molecule has 44 heavy (non-hydrogen) atoms. The Morgan fingerprint density at radius 2 is 1.09 bits per heavy atom. The number of aliphatic carboxylic acids is 2. The van der Waals surface area contributed by atoms with E-state index in [1.54, 1.807) is 0 Å². The summed E-state index contributed by atoms with van der Waals surface area (Å²) in [5.41, 5.74) is 12.5. The Hall–Kier alpha value is -4.66. The van der Waals surface area contributed by atoms with Crippen molar-refractivity contribution in [3.05, 3.63) is 119 Å². The van der Waals surface area contributed by atoms with Crippen LogP contribution < -0.4 is 0 Å². The lowest BCUT2D eigenvalue weighted by Crippen LogP contribution is -2.45. The summed E-state index contributed by atoms with van der Waals surface area (Å²) in [7, 11) is 0. The maximum absolute atomic E-state index is 9.55. The Balaban J connectivity index is 0.000000488. The number of hydrogen-bond donors (Lipinski definition) is 2. The van der Waals surface area contributed by atoms with E-state index in [1.165, 1.54) is 44.5 Å². The molecule has 1 fully saturated rings. The van der Waals surface area contributed by atoms with Crippen LogP contribution in [0, 0.1) is 27.7 Å². The largest absolute Gasteiger partial charge is 0.478 e. The van der Waals surface area contributed by atoms with Crippen molar-refractivity contribution in [1.29, 1.82) is 0 Å². The number of aryl methyl sites for hydroxylation is 3. The molecule has 1 aliphatic heterocycles. The van der Waals surface area contributed by atoms with Crippen LogP contribution in [0.25, 0.3) is 22.5 Å². The van der Waals surface area contributed by atoms with E-state index in [4.69, 9.17) is 10.2 Å². The number of carboxylic acid groups (broad SMARTS) is 2. The first kappa shape index (κ1) is 32.3. The second-order valence-corrected chi connectivity index (χ2v) is 11.3. The molecule has 8 nitrogen and oxygen atoms in total. The number of pyridine rings is 2. The number of carbonyl (C=O) groups is 2. The van der Waals surface area contributed by atoms with E-state index in [0.29, 0.717) is 12.2 Å². The Bertz CT molecular complexity index is 1580. The average Bonchev–Trinajstić information content (AvgIpc) is 3.00. The molecule has 0 saturated carbocycles. The number of nitrogens with zero attached hydrogens (tertiary/aromatic N) is 4. The molecule has 0 aliphatic carbocycles. The molecule has 3 heterocycles. The first-order valence-electron chi connectivity index (χ1n) is 14.7. The molecule has 2 aromatic carbocycles. The Morgan fingerprint density at radius 3 is 1.52 bits per heavy atom. The number of piperazine rings is 1. The zero-order valence-corrected chi connectivity index (χ0v) is 25.8. The Labute approximate surface area is 259 Å². The lowest BCUT2D eigenvalue weighted by Gasteiger charge is -2.34. The van der Waals surface area contributed by atoms with Gasteiger partial charge in [-0.15, -0.1) is 0 Å². The predicted molar refractivity (Wildman–Crippen MR) is 173 cm³/mol. The molecule has 1 aliphatic rings. The van der Waals surface area contributed by atoms with Crippen LogP contribution in [-0.4, -0.2) is 68.1 Å². The van der Waals surface area contributed by atoms with E-state index in [-0.39, 0.29) is 0 Å². The SMILES string of the molecule is Cc1ccc(-c2cc(CN3CCN(Cc4ccnc(-c5cc(C)c(C)c(C)c5)c4)CC3)ccn2)cc1.O=C(O)/C=C/C(=O)O. The van der Waals surface area contributed by atoms with Crippen molar-refractivity contribution in [3.63, 3.8) is 0 Å². The molecule has 8 heteroatoms. The molecular weight excluding hydrogens is 552 g/mol. The third kappa shape index (κ3) is 9.42. The normalized spacial score (nSPS) is 13.8. The van der Waals surface area contributed by atoms with Crippen molar-refractivity contribution in [1.82, 2.24) is 19.8 Å². The molecule has 0 amide bonds. The van der Waals surface area contributed by atoms with Crippen molar-refractivity contribution < 1.29 is 19.8 Å². The summed E-state index contributed by atoms with van der Waals surface area (Å²) in [5, 5.41) is 15.6. The maximum atomic E-state index is 9.55. The standard InChI is InChI=1S/C32H36N4.C4H4O4/c1-23-5-7-29(8-6-23)31-19-27(9-11-33-31)21-35-13-15-36(16-14-35)22-28-10-12-34-32(20-28)30-17-24(2)26(4)25(3)18-30;5-3(6)1-2-4(7)8/h5-12,17-20H,13-16,21-22H2,1-4H3;1-2H,(H,5,6)(H,7,8)/b;2-1+. The van der Waals surface area contributed by atoms with Crippen LogP contribution in [0.1, 0.15) is 33.4 Å². The Kier molecular flexibility index (Phi) is 11.1. The predicted octanol–water partition coefficient (Wildman–Crippen LogP) is 6.07. The first-order valence-corrected chi connectivity index (χ1v) is 14.7. The van der Waals surface area contributed by atoms with E-state index in [1.807, 2.05) is 12.4 Å². The van der Waals surface area contributed by atoms with E-state index < -0.39 is 11.9 Å². The van der Waals surface area contributed by atoms with Crippen LogP contribution in [0.5, 0.6) is 0 Å². The highest BCUT2D eigenvalue weighted by Gasteiger charge is 2.18. The summed E-state index contributed by atoms with van der Waals surface area (Å²) in [6.45, 7) is 14.9. The number of carboxylic acids is 2. The zero-order chi connectivity index (χ0) is 31.6. The molecule has 5 rings (SSSR count). The fourth-order valence-corrected chi connectivity index (χ4v) is 5.13. The second kappa shape index (κ2) is 15.2. The van der Waals surface area contributed by atoms with Gasteiger partial charge >= 0.3 is 11.9 Å². The summed E-state index contributed by atoms with van der Waals surface area (Å²) in [6, 6.07) is 22.0. The van der Waals surface area contributed by atoms with Gasteiger partial charge in [0.2, 0.25) is 0 Å². The smallest absolute Gasteiger partial charge is 0.328 e. The van der Waals surface area contributed by atoms with Crippen LogP contribution in [0.3, 0.4) is 0 Å². The number of rotatable bonds is 8. The molecule has 2 N–H and O–H groups in total. The fourth-order valence-electron chi connectivity index (χ4n) is 5.13. The molecule has 4 aromatic rings. The first-order chi connectivity index (χ1) is 21.1. The van der Waals surface area contributed by atoms with E-state index in [0.717, 1.165) is 50.7 Å². The van der Waals surface area contributed by atoms with E-state index in [9.17, 15) is 9.59 Å². The van der Waals surface area contributed by atoms with Crippen molar-refractivity contribution in [2.24, 2.45) is 0 Å². The van der Waals surface area contributed by atoms with Crippen molar-refractivity contribution in [3.8, 4) is 22.5 Å². The lowest BCUT2D eigenvalue weighted by atomic mass is 9.98. The van der Waals surface area contributed by atoms with Crippen LogP contribution in [0.15, 0.2) is 85.2 Å². The Morgan fingerprint density at radius 1 is 0.659 bits per heavy atom. The molecule has 228 valence electrons. The van der Waals surface area contributed by atoms with Gasteiger partial charge in [0.15, 0.2) is 0 Å². The van der Waals surface area contributed by atoms with Gasteiger partial charge < -0.3 is 10.2 Å². The van der Waals surface area contributed by atoms with Gasteiger partial charge in [-0.3, -0.25) is 19.8 Å². The molecule has 0 spiro atoms. The fraction of sp³-hybridized carbons (Fsp3) is 0.278. The van der Waals surface area contributed by atoms with Crippen molar-refractivity contribution in [2.75, 3.05) is 26.2 Å². The quantitative estimate of drug-likeness (QED) is 0.237. The molecule has 1 saturated heterocycles. The highest BCUT2D eigenvalue weighted by atomic mass is 16.4. The summed E-state index contributed by atoms with van der Waals surface area (Å²) in [6.07, 6.45) is 5.02. The third-order valence-electron chi connectivity index (χ3n) is 7.86. The van der Waals surface area contributed by atoms with Crippen LogP contribution >= 0.6 is 0 Å². The average molecular weight is 593 g/mol. The second-order valence-electron chi connectivity index (χ2n) is 11.3. The lowest BCUT2D eigenvalue weighted by molar-refractivity contribution is -0.134. The summed E-state index contributed by atoms with van der Waals surface area (Å²) in [4.78, 5) is 33.5. The number of hydrogen-bond acceptors (Lipinski definition) is 6. The molecule has 0 atom stereocenters. The number of aromatic nitrogens is 2. The van der Waals surface area contributed by atoms with Gasteiger partial charge in [0.1, 0.15) is 0 Å². The van der Waals surface area contributed by atoms with Gasteiger partial charge in [0.05, 0.1) is 11.4 Å². The molecule has 0 unspecified atom stereocenters. The van der Waals surface area contributed by atoms with Gasteiger partial charge in [-0.25, -0.2) is 9.59 Å². The third-order valence-corrected chi connectivity index (χ3v) is 7.86. The van der Waals surface area contributed by atoms with Crippen LogP contribution in [0.2, 0.25) is 0 Å². The minimum atomic E-state index is -1.26. The summed E-state index contributed by atoms with van der Waals surface area (Å²) in [5.74, 6) is -2.51. The monoisotopic (exact) mass is 592 g/mol.